The number of nitrogens with zero attached hydrogens (tertiary/aromatic N) is 2. The van der Waals surface area contributed by atoms with Crippen LogP contribution in [0.15, 0.2) is 0 Å². The van der Waals surface area contributed by atoms with E-state index < -0.39 is 6.04 Å². The fraction of sp³-hybridized carbons (Fsp3) is 0.933. The lowest BCUT2D eigenvalue weighted by Gasteiger charge is -2.34. The minimum Gasteiger partial charge on any atom is -0.379 e. The van der Waals surface area contributed by atoms with Crippen molar-refractivity contribution in [2.45, 2.75) is 39.8 Å². The number of hydrogen-bond donors (Lipinski definition) is 1. The van der Waals surface area contributed by atoms with Gasteiger partial charge in [0.15, 0.2) is 0 Å². The van der Waals surface area contributed by atoms with E-state index in [1.54, 1.807) is 0 Å². The van der Waals surface area contributed by atoms with Crippen molar-refractivity contribution in [1.29, 1.82) is 0 Å². The van der Waals surface area contributed by atoms with Crippen molar-refractivity contribution in [2.75, 3.05) is 39.4 Å². The molecule has 2 aliphatic heterocycles. The van der Waals surface area contributed by atoms with Gasteiger partial charge < -0.3 is 15.4 Å². The van der Waals surface area contributed by atoms with E-state index >= 15 is 0 Å². The lowest BCUT2D eigenvalue weighted by molar-refractivity contribution is -0.134. The molecule has 0 bridgehead atoms. The number of amides is 1. The first kappa shape index (κ1) is 15.7. The first-order valence-corrected chi connectivity index (χ1v) is 7.67. The van der Waals surface area contributed by atoms with Crippen LogP contribution in [0.5, 0.6) is 0 Å². The van der Waals surface area contributed by atoms with Crippen LogP contribution in [-0.2, 0) is 9.53 Å². The lowest BCUT2D eigenvalue weighted by atomic mass is 9.86. The van der Waals surface area contributed by atoms with Gasteiger partial charge in [0.2, 0.25) is 5.91 Å². The predicted molar refractivity (Wildman–Crippen MR) is 79.4 cm³/mol. The summed E-state index contributed by atoms with van der Waals surface area (Å²) in [5.74, 6) is 0.601. The van der Waals surface area contributed by atoms with Gasteiger partial charge in [-0.05, 0) is 11.3 Å². The summed E-state index contributed by atoms with van der Waals surface area (Å²) < 4.78 is 5.41. The van der Waals surface area contributed by atoms with E-state index in [4.69, 9.17) is 10.5 Å². The van der Waals surface area contributed by atoms with Crippen LogP contribution in [0, 0.1) is 11.3 Å². The van der Waals surface area contributed by atoms with Gasteiger partial charge in [-0.25, -0.2) is 0 Å². The van der Waals surface area contributed by atoms with Gasteiger partial charge in [0.05, 0.1) is 19.3 Å². The zero-order valence-corrected chi connectivity index (χ0v) is 13.3. The Kier molecular flexibility index (Phi) is 4.72. The molecule has 2 unspecified atom stereocenters. The van der Waals surface area contributed by atoms with Gasteiger partial charge in [-0.15, -0.1) is 0 Å². The van der Waals surface area contributed by atoms with Crippen LogP contribution in [-0.4, -0.2) is 67.2 Å². The Labute approximate surface area is 122 Å². The van der Waals surface area contributed by atoms with E-state index in [1.807, 2.05) is 25.7 Å². The van der Waals surface area contributed by atoms with Gasteiger partial charge in [0.25, 0.3) is 0 Å². The summed E-state index contributed by atoms with van der Waals surface area (Å²) in [4.78, 5) is 16.9. The molecule has 0 aromatic rings. The standard InChI is InChI=1S/C15H29N3O2/c1-11-9-18(14(19)13(16)15(2,3)4)10-12(11)17-5-7-20-8-6-17/h11-13H,5-10,16H2,1-4H3/t11?,12?,13-/m1/s1. The molecule has 2 saturated heterocycles. The molecule has 0 aliphatic carbocycles. The van der Waals surface area contributed by atoms with Gasteiger partial charge in [-0.3, -0.25) is 9.69 Å². The van der Waals surface area contributed by atoms with Crippen molar-refractivity contribution in [3.8, 4) is 0 Å². The molecule has 0 aromatic carbocycles. The zero-order valence-electron chi connectivity index (χ0n) is 13.3. The molecule has 3 atom stereocenters. The third-order valence-corrected chi connectivity index (χ3v) is 4.60. The molecule has 2 fully saturated rings. The summed E-state index contributed by atoms with van der Waals surface area (Å²) in [5, 5.41) is 0. The maximum Gasteiger partial charge on any atom is 0.240 e. The number of carbonyl (C=O) groups excluding carboxylic acids is 1. The largest absolute Gasteiger partial charge is 0.379 e. The van der Waals surface area contributed by atoms with E-state index in [-0.39, 0.29) is 11.3 Å². The van der Waals surface area contributed by atoms with Crippen LogP contribution in [0.3, 0.4) is 0 Å². The Bertz CT molecular complexity index is 348. The van der Waals surface area contributed by atoms with Crippen molar-refractivity contribution in [2.24, 2.45) is 17.1 Å². The smallest absolute Gasteiger partial charge is 0.240 e. The average molecular weight is 283 g/mol. The number of nitrogens with two attached hydrogens (primary N) is 1. The zero-order chi connectivity index (χ0) is 14.9. The van der Waals surface area contributed by atoms with Crippen LogP contribution in [0.2, 0.25) is 0 Å². The molecule has 0 spiro atoms. The van der Waals surface area contributed by atoms with Gasteiger partial charge >= 0.3 is 0 Å². The Hall–Kier alpha value is -0.650. The highest BCUT2D eigenvalue weighted by Gasteiger charge is 2.40. The molecule has 20 heavy (non-hydrogen) atoms. The van der Waals surface area contributed by atoms with Crippen LogP contribution in [0.1, 0.15) is 27.7 Å². The highest BCUT2D eigenvalue weighted by Crippen LogP contribution is 2.26. The summed E-state index contributed by atoms with van der Waals surface area (Å²) in [6.07, 6.45) is 0. The minimum atomic E-state index is -0.418. The molecule has 1 amide bonds. The molecule has 5 heteroatoms. The summed E-state index contributed by atoms with van der Waals surface area (Å²) >= 11 is 0. The Morgan fingerprint density at radius 2 is 1.85 bits per heavy atom. The fourth-order valence-electron chi connectivity index (χ4n) is 3.08. The monoisotopic (exact) mass is 283 g/mol. The SMILES string of the molecule is CC1CN(C(=O)[C@@H](N)C(C)(C)C)CC1N1CCOCC1. The van der Waals surface area contributed by atoms with Crippen LogP contribution in [0.25, 0.3) is 0 Å². The van der Waals surface area contributed by atoms with Crippen molar-refractivity contribution < 1.29 is 9.53 Å². The van der Waals surface area contributed by atoms with Crippen molar-refractivity contribution in [1.82, 2.24) is 9.80 Å². The molecule has 0 saturated carbocycles. The molecule has 116 valence electrons. The van der Waals surface area contributed by atoms with Crippen LogP contribution in [0.4, 0.5) is 0 Å². The second kappa shape index (κ2) is 6.00. The molecule has 0 radical (unpaired) electrons. The molecule has 2 N–H and O–H groups in total. The maximum absolute atomic E-state index is 12.5. The molecule has 2 heterocycles. The third kappa shape index (κ3) is 3.32. The summed E-state index contributed by atoms with van der Waals surface area (Å²) in [6.45, 7) is 13.5. The number of carbonyl (C=O) groups is 1. The van der Waals surface area contributed by atoms with E-state index in [2.05, 4.69) is 11.8 Å². The van der Waals surface area contributed by atoms with E-state index in [0.717, 1.165) is 39.4 Å². The number of likely N-dealkylation sites (tertiary alicyclic amines) is 1. The normalized spacial score (nSPS) is 30.6. The second-order valence-corrected chi connectivity index (χ2v) is 7.28. The maximum atomic E-state index is 12.5. The number of morpholine rings is 1. The lowest BCUT2D eigenvalue weighted by Crippen LogP contribution is -2.51. The second-order valence-electron chi connectivity index (χ2n) is 7.28. The Morgan fingerprint density at radius 1 is 1.25 bits per heavy atom. The summed E-state index contributed by atoms with van der Waals surface area (Å²) in [7, 11) is 0. The molecule has 0 aromatic heterocycles. The van der Waals surface area contributed by atoms with E-state index in [1.165, 1.54) is 0 Å². The van der Waals surface area contributed by atoms with Crippen LogP contribution >= 0.6 is 0 Å². The highest BCUT2D eigenvalue weighted by molar-refractivity contribution is 5.82. The van der Waals surface area contributed by atoms with Crippen molar-refractivity contribution in [3.63, 3.8) is 0 Å². The molecular formula is C15H29N3O2. The molecule has 2 rings (SSSR count). The third-order valence-electron chi connectivity index (χ3n) is 4.60. The van der Waals surface area contributed by atoms with E-state index in [0.29, 0.717) is 12.0 Å². The number of hydrogen-bond acceptors (Lipinski definition) is 4. The first-order chi connectivity index (χ1) is 9.30. The predicted octanol–water partition coefficient (Wildman–Crippen LogP) is 0.539. The van der Waals surface area contributed by atoms with Crippen molar-refractivity contribution >= 4 is 5.91 Å². The summed E-state index contributed by atoms with van der Waals surface area (Å²) in [5.41, 5.74) is 5.94. The molecule has 5 nitrogen and oxygen atoms in total. The number of ether oxygens (including phenoxy) is 1. The first-order valence-electron chi connectivity index (χ1n) is 7.67. The fourth-order valence-corrected chi connectivity index (χ4v) is 3.08. The number of rotatable bonds is 2. The molecule has 2 aliphatic rings. The average Bonchev–Trinajstić information content (AvgIpc) is 2.79. The van der Waals surface area contributed by atoms with Gasteiger partial charge in [-0.1, -0.05) is 27.7 Å². The summed E-state index contributed by atoms with van der Waals surface area (Å²) in [6, 6.07) is 0.0353. The van der Waals surface area contributed by atoms with E-state index in [9.17, 15) is 4.79 Å². The Morgan fingerprint density at radius 3 is 2.40 bits per heavy atom. The topological polar surface area (TPSA) is 58.8 Å². The molecular weight excluding hydrogens is 254 g/mol. The Balaban J connectivity index is 1.97. The quantitative estimate of drug-likeness (QED) is 0.803. The highest BCUT2D eigenvalue weighted by atomic mass is 16.5. The van der Waals surface area contributed by atoms with Gasteiger partial charge in [-0.2, -0.15) is 0 Å². The minimum absolute atomic E-state index is 0.0973. The van der Waals surface area contributed by atoms with Crippen LogP contribution < -0.4 is 5.73 Å². The van der Waals surface area contributed by atoms with Crippen molar-refractivity contribution in [3.05, 3.63) is 0 Å². The van der Waals surface area contributed by atoms with Gasteiger partial charge in [0.1, 0.15) is 0 Å². The van der Waals surface area contributed by atoms with Gasteiger partial charge in [0, 0.05) is 32.2 Å².